The van der Waals surface area contributed by atoms with Crippen LogP contribution in [0.2, 0.25) is 5.02 Å². The molecule has 7 heteroatoms. The van der Waals surface area contributed by atoms with Crippen LogP contribution in [0.25, 0.3) is 0 Å². The molecule has 0 spiro atoms. The highest BCUT2D eigenvalue weighted by Gasteiger charge is 2.30. The van der Waals surface area contributed by atoms with Gasteiger partial charge in [0.05, 0.1) is 12.1 Å². The van der Waals surface area contributed by atoms with E-state index in [1.165, 1.54) is 0 Å². The minimum Gasteiger partial charge on any atom is -0.445 e. The van der Waals surface area contributed by atoms with Crippen molar-refractivity contribution >= 4 is 17.5 Å². The van der Waals surface area contributed by atoms with Crippen molar-refractivity contribution in [1.29, 1.82) is 0 Å². The van der Waals surface area contributed by atoms with Gasteiger partial charge in [-0.1, -0.05) is 44.5 Å². The first kappa shape index (κ1) is 20.7. The van der Waals surface area contributed by atoms with Crippen molar-refractivity contribution in [1.82, 2.24) is 20.1 Å². The molecule has 3 aromatic rings. The molecule has 0 saturated carbocycles. The zero-order valence-electron chi connectivity index (χ0n) is 17.6. The van der Waals surface area contributed by atoms with Crippen LogP contribution in [0, 0.1) is 0 Å². The summed E-state index contributed by atoms with van der Waals surface area (Å²) in [5, 5.41) is 7.96. The minimum absolute atomic E-state index is 0.0443. The van der Waals surface area contributed by atoms with Crippen molar-refractivity contribution in [2.45, 2.75) is 51.4 Å². The van der Waals surface area contributed by atoms with E-state index in [1.807, 2.05) is 35.2 Å². The van der Waals surface area contributed by atoms with Gasteiger partial charge in [-0.2, -0.15) is 5.10 Å². The maximum atomic E-state index is 13.0. The monoisotopic (exact) mass is 426 g/mol. The standard InChI is InChI=1S/C23H27ClN4O2/c1-23(2,3)20-12-19(26-27-20)22(29)28-9-5-7-16(14-28)21-25-13-18(30-21)11-15-6-4-8-17(24)10-15/h4,6,8,10,12-13,16H,5,7,9,11,14H2,1-3H3,(H,26,27). The second kappa shape index (κ2) is 8.26. The fourth-order valence-electron chi connectivity index (χ4n) is 3.78. The number of carbonyl (C=O) groups excluding carboxylic acids is 1. The second-order valence-electron chi connectivity index (χ2n) is 8.98. The summed E-state index contributed by atoms with van der Waals surface area (Å²) in [6.45, 7) is 7.59. The van der Waals surface area contributed by atoms with Gasteiger partial charge in [-0.3, -0.25) is 9.89 Å². The molecule has 1 aromatic carbocycles. The van der Waals surface area contributed by atoms with E-state index in [1.54, 1.807) is 6.20 Å². The van der Waals surface area contributed by atoms with Gasteiger partial charge < -0.3 is 9.32 Å². The number of rotatable bonds is 4. The van der Waals surface area contributed by atoms with E-state index in [9.17, 15) is 4.79 Å². The summed E-state index contributed by atoms with van der Waals surface area (Å²) in [4.78, 5) is 19.3. The summed E-state index contributed by atoms with van der Waals surface area (Å²) in [6.07, 6.45) is 4.29. The summed E-state index contributed by atoms with van der Waals surface area (Å²) < 4.78 is 6.04. The predicted molar refractivity (Wildman–Crippen MR) is 116 cm³/mol. The molecule has 1 unspecified atom stereocenters. The molecule has 0 radical (unpaired) electrons. The summed E-state index contributed by atoms with van der Waals surface area (Å²) >= 11 is 6.07. The first-order valence-electron chi connectivity index (χ1n) is 10.3. The number of aromatic nitrogens is 3. The van der Waals surface area contributed by atoms with Crippen LogP contribution in [0.15, 0.2) is 40.9 Å². The van der Waals surface area contributed by atoms with Gasteiger partial charge in [-0.25, -0.2) is 4.98 Å². The summed E-state index contributed by atoms with van der Waals surface area (Å²) in [5.74, 6) is 1.55. The third kappa shape index (κ3) is 4.59. The zero-order chi connectivity index (χ0) is 21.3. The molecular formula is C23H27ClN4O2. The Kier molecular flexibility index (Phi) is 5.69. The van der Waals surface area contributed by atoms with Gasteiger partial charge in [-0.15, -0.1) is 0 Å². The number of benzene rings is 1. The van der Waals surface area contributed by atoms with Crippen molar-refractivity contribution in [3.8, 4) is 0 Å². The number of halogens is 1. The van der Waals surface area contributed by atoms with E-state index in [-0.39, 0.29) is 17.2 Å². The van der Waals surface area contributed by atoms with Crippen molar-refractivity contribution in [3.05, 3.63) is 70.2 Å². The average Bonchev–Trinajstić information content (AvgIpc) is 3.37. The number of nitrogens with zero attached hydrogens (tertiary/aromatic N) is 3. The Hall–Kier alpha value is -2.60. The van der Waals surface area contributed by atoms with Crippen molar-refractivity contribution in [2.75, 3.05) is 13.1 Å². The average molecular weight is 427 g/mol. The van der Waals surface area contributed by atoms with Gasteiger partial charge in [0, 0.05) is 35.6 Å². The molecule has 1 N–H and O–H groups in total. The van der Waals surface area contributed by atoms with Gasteiger partial charge >= 0.3 is 0 Å². The topological polar surface area (TPSA) is 75.0 Å². The van der Waals surface area contributed by atoms with Gasteiger partial charge in [0.25, 0.3) is 5.91 Å². The second-order valence-corrected chi connectivity index (χ2v) is 9.42. The van der Waals surface area contributed by atoms with Crippen molar-refractivity contribution in [2.24, 2.45) is 0 Å². The first-order valence-corrected chi connectivity index (χ1v) is 10.7. The number of hydrogen-bond acceptors (Lipinski definition) is 4. The van der Waals surface area contributed by atoms with E-state index in [4.69, 9.17) is 16.0 Å². The Morgan fingerprint density at radius 3 is 2.90 bits per heavy atom. The summed E-state index contributed by atoms with van der Waals surface area (Å²) in [5.41, 5.74) is 2.43. The number of nitrogens with one attached hydrogen (secondary N) is 1. The normalized spacial score (nSPS) is 17.3. The highest BCUT2D eigenvalue weighted by Crippen LogP contribution is 2.29. The third-order valence-corrected chi connectivity index (χ3v) is 5.74. The lowest BCUT2D eigenvalue weighted by molar-refractivity contribution is 0.0692. The van der Waals surface area contributed by atoms with Crippen molar-refractivity contribution in [3.63, 3.8) is 0 Å². The lowest BCUT2D eigenvalue weighted by atomic mass is 9.92. The van der Waals surface area contributed by atoms with Crippen LogP contribution in [-0.4, -0.2) is 39.1 Å². The lowest BCUT2D eigenvalue weighted by Gasteiger charge is -2.30. The highest BCUT2D eigenvalue weighted by atomic mass is 35.5. The fraction of sp³-hybridized carbons (Fsp3) is 0.435. The molecule has 3 heterocycles. The quantitative estimate of drug-likeness (QED) is 0.639. The zero-order valence-corrected chi connectivity index (χ0v) is 18.4. The van der Waals surface area contributed by atoms with Gasteiger partial charge in [0.1, 0.15) is 11.5 Å². The van der Waals surface area contributed by atoms with E-state index in [0.29, 0.717) is 29.6 Å². The number of H-pyrrole nitrogens is 1. The number of carbonyl (C=O) groups is 1. The van der Waals surface area contributed by atoms with Crippen LogP contribution in [0.4, 0.5) is 0 Å². The number of amides is 1. The van der Waals surface area contributed by atoms with Crippen LogP contribution in [0.3, 0.4) is 0 Å². The molecule has 1 amide bonds. The van der Waals surface area contributed by atoms with Gasteiger partial charge in [-0.05, 0) is 36.6 Å². The third-order valence-electron chi connectivity index (χ3n) is 5.50. The number of oxazole rings is 1. The Bertz CT molecular complexity index is 1030. The minimum atomic E-state index is -0.0760. The molecule has 4 rings (SSSR count). The Labute approximate surface area is 181 Å². The van der Waals surface area contributed by atoms with Crippen LogP contribution >= 0.6 is 11.6 Å². The number of likely N-dealkylation sites (tertiary alicyclic amines) is 1. The molecule has 30 heavy (non-hydrogen) atoms. The number of hydrogen-bond donors (Lipinski definition) is 1. The molecule has 158 valence electrons. The van der Waals surface area contributed by atoms with Gasteiger partial charge in [0.2, 0.25) is 0 Å². The van der Waals surface area contributed by atoms with Crippen LogP contribution in [0.1, 0.15) is 72.9 Å². The molecule has 1 fully saturated rings. The smallest absolute Gasteiger partial charge is 0.274 e. The molecule has 0 aliphatic carbocycles. The van der Waals surface area contributed by atoms with Crippen LogP contribution in [-0.2, 0) is 11.8 Å². The number of piperidine rings is 1. The molecule has 1 saturated heterocycles. The Morgan fingerprint density at radius 2 is 2.17 bits per heavy atom. The molecule has 0 bridgehead atoms. The maximum Gasteiger partial charge on any atom is 0.274 e. The summed E-state index contributed by atoms with van der Waals surface area (Å²) in [6, 6.07) is 9.60. The molecule has 1 aliphatic heterocycles. The lowest BCUT2D eigenvalue weighted by Crippen LogP contribution is -2.39. The fourth-order valence-corrected chi connectivity index (χ4v) is 3.99. The largest absolute Gasteiger partial charge is 0.445 e. The predicted octanol–water partition coefficient (Wildman–Crippen LogP) is 4.96. The molecular weight excluding hydrogens is 400 g/mol. The molecule has 2 aromatic heterocycles. The SMILES string of the molecule is CC(C)(C)c1cc(C(=O)N2CCCC(c3ncc(Cc4cccc(Cl)c4)o3)C2)n[nH]1. The van der Waals surface area contributed by atoms with Crippen LogP contribution in [0.5, 0.6) is 0 Å². The molecule has 1 atom stereocenters. The van der Waals surface area contributed by atoms with Crippen molar-refractivity contribution < 1.29 is 9.21 Å². The Balaban J connectivity index is 1.43. The molecule has 1 aliphatic rings. The Morgan fingerprint density at radius 1 is 1.33 bits per heavy atom. The summed E-state index contributed by atoms with van der Waals surface area (Å²) in [7, 11) is 0. The van der Waals surface area contributed by atoms with Crippen LogP contribution < -0.4 is 0 Å². The molecule has 6 nitrogen and oxygen atoms in total. The number of aromatic amines is 1. The van der Waals surface area contributed by atoms with E-state index < -0.39 is 0 Å². The highest BCUT2D eigenvalue weighted by molar-refractivity contribution is 6.30. The van der Waals surface area contributed by atoms with E-state index in [2.05, 4.69) is 36.0 Å². The first-order chi connectivity index (χ1) is 14.3. The van der Waals surface area contributed by atoms with E-state index >= 15 is 0 Å². The maximum absolute atomic E-state index is 13.0. The van der Waals surface area contributed by atoms with Gasteiger partial charge in [0.15, 0.2) is 5.89 Å². The van der Waals surface area contributed by atoms with E-state index in [0.717, 1.165) is 36.4 Å².